The second kappa shape index (κ2) is 6.98. The second-order valence-electron chi connectivity index (χ2n) is 7.09. The van der Waals surface area contributed by atoms with Crippen molar-refractivity contribution in [3.8, 4) is 0 Å². The van der Waals surface area contributed by atoms with Gasteiger partial charge in [0, 0.05) is 62.4 Å². The van der Waals surface area contributed by atoms with Crippen molar-refractivity contribution in [1.29, 1.82) is 0 Å². The first kappa shape index (κ1) is 16.3. The van der Waals surface area contributed by atoms with E-state index in [4.69, 9.17) is 4.74 Å². The first-order chi connectivity index (χ1) is 12.2. The van der Waals surface area contributed by atoms with Crippen LogP contribution in [0.3, 0.4) is 0 Å². The minimum absolute atomic E-state index is 0.00531. The number of benzene rings is 1. The van der Waals surface area contributed by atoms with Crippen LogP contribution in [0.15, 0.2) is 42.7 Å². The molecule has 1 aromatic heterocycles. The summed E-state index contributed by atoms with van der Waals surface area (Å²) < 4.78 is 7.82. The van der Waals surface area contributed by atoms with Crippen LogP contribution >= 0.6 is 0 Å². The molecule has 3 heterocycles. The summed E-state index contributed by atoms with van der Waals surface area (Å²) >= 11 is 0. The molecule has 6 nitrogen and oxygen atoms in total. The zero-order chi connectivity index (χ0) is 17.2. The molecule has 2 aliphatic rings. The molecule has 4 rings (SSSR count). The van der Waals surface area contributed by atoms with E-state index in [9.17, 15) is 4.79 Å². The molecule has 2 saturated heterocycles. The third kappa shape index (κ3) is 3.60. The summed E-state index contributed by atoms with van der Waals surface area (Å²) in [5.74, 6) is 0.874. The van der Waals surface area contributed by atoms with Crippen molar-refractivity contribution in [2.45, 2.75) is 12.6 Å². The fraction of sp³-hybridized carbons (Fsp3) is 0.474. The van der Waals surface area contributed by atoms with Crippen LogP contribution in [0.1, 0.15) is 15.9 Å². The topological polar surface area (TPSA) is 59.4 Å². The van der Waals surface area contributed by atoms with Gasteiger partial charge in [-0.25, -0.2) is 0 Å². The predicted octanol–water partition coefficient (Wildman–Crippen LogP) is 1.30. The smallest absolute Gasteiger partial charge is 0.251 e. The van der Waals surface area contributed by atoms with Gasteiger partial charge in [0.25, 0.3) is 5.91 Å². The van der Waals surface area contributed by atoms with E-state index in [1.165, 1.54) is 5.56 Å². The fourth-order valence-electron chi connectivity index (χ4n) is 3.95. The third-order valence-electron chi connectivity index (χ3n) is 5.24. The molecule has 3 atom stereocenters. The van der Waals surface area contributed by atoms with Crippen LogP contribution in [0.4, 0.5) is 0 Å². The minimum atomic E-state index is -0.00531. The molecular weight excluding hydrogens is 316 g/mol. The van der Waals surface area contributed by atoms with Gasteiger partial charge >= 0.3 is 0 Å². The molecule has 0 unspecified atom stereocenters. The van der Waals surface area contributed by atoms with Gasteiger partial charge in [0.2, 0.25) is 0 Å². The highest BCUT2D eigenvalue weighted by molar-refractivity contribution is 5.94. The number of rotatable bonds is 5. The lowest BCUT2D eigenvalue weighted by Gasteiger charge is -2.19. The number of fused-ring (bicyclic) bond motifs is 1. The summed E-state index contributed by atoms with van der Waals surface area (Å²) in [7, 11) is 1.94. The van der Waals surface area contributed by atoms with Crippen LogP contribution < -0.4 is 5.32 Å². The van der Waals surface area contributed by atoms with Crippen LogP contribution in [0, 0.1) is 11.8 Å². The Balaban J connectivity index is 1.30. The molecule has 1 N–H and O–H groups in total. The monoisotopic (exact) mass is 340 g/mol. The van der Waals surface area contributed by atoms with Gasteiger partial charge in [-0.05, 0) is 12.1 Å². The largest absolute Gasteiger partial charge is 0.376 e. The summed E-state index contributed by atoms with van der Waals surface area (Å²) in [6.07, 6.45) is 4.27. The first-order valence-corrected chi connectivity index (χ1v) is 8.84. The minimum Gasteiger partial charge on any atom is -0.376 e. The van der Waals surface area contributed by atoms with Crippen molar-refractivity contribution < 1.29 is 9.53 Å². The van der Waals surface area contributed by atoms with Crippen LogP contribution in [-0.2, 0) is 18.3 Å². The van der Waals surface area contributed by atoms with Gasteiger partial charge in [-0.15, -0.1) is 0 Å². The molecule has 2 aliphatic heterocycles. The van der Waals surface area contributed by atoms with Crippen LogP contribution in [0.2, 0.25) is 0 Å². The zero-order valence-electron chi connectivity index (χ0n) is 14.5. The Morgan fingerprint density at radius 1 is 1.32 bits per heavy atom. The zero-order valence-corrected chi connectivity index (χ0v) is 14.5. The van der Waals surface area contributed by atoms with Crippen molar-refractivity contribution in [3.05, 3.63) is 53.9 Å². The van der Waals surface area contributed by atoms with Crippen molar-refractivity contribution in [1.82, 2.24) is 20.0 Å². The number of likely N-dealkylation sites (tertiary alicyclic amines) is 1. The summed E-state index contributed by atoms with van der Waals surface area (Å²) in [5, 5.41) is 7.31. The Morgan fingerprint density at radius 2 is 2.16 bits per heavy atom. The molecule has 132 valence electrons. The summed E-state index contributed by atoms with van der Waals surface area (Å²) in [5.41, 5.74) is 1.94. The van der Waals surface area contributed by atoms with Gasteiger partial charge < -0.3 is 10.1 Å². The SMILES string of the molecule is Cn1cc(CN2C[C@@H]3[C@H](CNC(=O)c4ccccc4)CO[C@@H]3C2)cn1. The van der Waals surface area contributed by atoms with E-state index in [-0.39, 0.29) is 12.0 Å². The summed E-state index contributed by atoms with van der Waals surface area (Å²) in [6.45, 7) is 4.31. The van der Waals surface area contributed by atoms with Gasteiger partial charge in [0.05, 0.1) is 18.9 Å². The maximum absolute atomic E-state index is 12.2. The lowest BCUT2D eigenvalue weighted by atomic mass is 9.93. The Kier molecular flexibility index (Phi) is 4.55. The number of aromatic nitrogens is 2. The van der Waals surface area contributed by atoms with E-state index in [1.807, 2.05) is 48.3 Å². The lowest BCUT2D eigenvalue weighted by Crippen LogP contribution is -2.34. The second-order valence-corrected chi connectivity index (χ2v) is 7.09. The van der Waals surface area contributed by atoms with Gasteiger partial charge in [-0.2, -0.15) is 5.10 Å². The predicted molar refractivity (Wildman–Crippen MR) is 94.0 cm³/mol. The van der Waals surface area contributed by atoms with Gasteiger partial charge in [-0.3, -0.25) is 14.4 Å². The maximum atomic E-state index is 12.2. The highest BCUT2D eigenvalue weighted by Crippen LogP contribution is 2.34. The average Bonchev–Trinajstić information content (AvgIpc) is 3.30. The molecule has 2 aromatic rings. The standard InChI is InChI=1S/C19H24N4O2/c1-22-9-14(7-21-22)10-23-11-17-16(13-25-18(17)12-23)8-20-19(24)15-5-3-2-4-6-15/h2-7,9,16-18H,8,10-13H2,1H3,(H,20,24)/t16-,17-,18-/m1/s1. The number of amides is 1. The van der Waals surface area contributed by atoms with E-state index < -0.39 is 0 Å². The molecule has 0 radical (unpaired) electrons. The van der Waals surface area contributed by atoms with Gasteiger partial charge in [-0.1, -0.05) is 18.2 Å². The number of hydrogen-bond donors (Lipinski definition) is 1. The molecule has 1 amide bonds. The number of hydrogen-bond acceptors (Lipinski definition) is 4. The molecule has 0 bridgehead atoms. The number of nitrogens with one attached hydrogen (secondary N) is 1. The molecule has 1 aromatic carbocycles. The quantitative estimate of drug-likeness (QED) is 0.891. The van der Waals surface area contributed by atoms with Crippen molar-refractivity contribution in [2.75, 3.05) is 26.2 Å². The van der Waals surface area contributed by atoms with E-state index in [2.05, 4.69) is 21.5 Å². The Morgan fingerprint density at radius 3 is 2.92 bits per heavy atom. The molecule has 0 spiro atoms. The average molecular weight is 340 g/mol. The van der Waals surface area contributed by atoms with Crippen molar-refractivity contribution in [2.24, 2.45) is 18.9 Å². The van der Waals surface area contributed by atoms with E-state index >= 15 is 0 Å². The number of aryl methyl sites for hydroxylation is 1. The van der Waals surface area contributed by atoms with E-state index in [1.54, 1.807) is 0 Å². The van der Waals surface area contributed by atoms with E-state index in [0.717, 1.165) is 26.2 Å². The number of nitrogens with zero attached hydrogens (tertiary/aromatic N) is 3. The van der Waals surface area contributed by atoms with Crippen molar-refractivity contribution >= 4 is 5.91 Å². The fourth-order valence-corrected chi connectivity index (χ4v) is 3.95. The van der Waals surface area contributed by atoms with Gasteiger partial charge in [0.15, 0.2) is 0 Å². The molecular formula is C19H24N4O2. The molecule has 0 aliphatic carbocycles. The number of carbonyl (C=O) groups is 1. The molecule has 2 fully saturated rings. The lowest BCUT2D eigenvalue weighted by molar-refractivity contribution is 0.0904. The van der Waals surface area contributed by atoms with E-state index in [0.29, 0.717) is 23.9 Å². The Bertz CT molecular complexity index is 730. The first-order valence-electron chi connectivity index (χ1n) is 8.84. The Hall–Kier alpha value is -2.18. The highest BCUT2D eigenvalue weighted by Gasteiger charge is 2.43. The summed E-state index contributed by atoms with van der Waals surface area (Å²) in [6, 6.07) is 9.37. The highest BCUT2D eigenvalue weighted by atomic mass is 16.5. The van der Waals surface area contributed by atoms with Crippen molar-refractivity contribution in [3.63, 3.8) is 0 Å². The Labute approximate surface area is 147 Å². The molecule has 0 saturated carbocycles. The maximum Gasteiger partial charge on any atom is 0.251 e. The molecule has 6 heteroatoms. The normalized spacial score (nSPS) is 25.9. The third-order valence-corrected chi connectivity index (χ3v) is 5.24. The number of carbonyl (C=O) groups excluding carboxylic acids is 1. The van der Waals surface area contributed by atoms with Crippen LogP contribution in [-0.4, -0.2) is 52.9 Å². The van der Waals surface area contributed by atoms with Crippen LogP contribution in [0.25, 0.3) is 0 Å². The number of ether oxygens (including phenoxy) is 1. The van der Waals surface area contributed by atoms with Gasteiger partial charge in [0.1, 0.15) is 0 Å². The van der Waals surface area contributed by atoms with Crippen LogP contribution in [0.5, 0.6) is 0 Å². The molecule has 25 heavy (non-hydrogen) atoms. The summed E-state index contributed by atoms with van der Waals surface area (Å²) in [4.78, 5) is 14.7.